The van der Waals surface area contributed by atoms with E-state index < -0.39 is 0 Å². The molecule has 2 N–H and O–H groups in total. The molecule has 2 nitrogen and oxygen atoms in total. The molecule has 1 aromatic carbocycles. The molecule has 0 heterocycles. The Balaban J connectivity index is 2.70. The molecule has 2 atom stereocenters. The highest BCUT2D eigenvalue weighted by Gasteiger charge is 2.15. The number of halogens is 2. The lowest BCUT2D eigenvalue weighted by molar-refractivity contribution is 0.238. The topological polar surface area (TPSA) is 32.3 Å². The summed E-state index contributed by atoms with van der Waals surface area (Å²) in [5.41, 5.74) is 0.975. The van der Waals surface area contributed by atoms with Crippen LogP contribution in [0.2, 0.25) is 5.02 Å². The van der Waals surface area contributed by atoms with Gasteiger partial charge in [-0.05, 0) is 46.5 Å². The van der Waals surface area contributed by atoms with Gasteiger partial charge in [-0.1, -0.05) is 31.9 Å². The monoisotopic (exact) mass is 319 g/mol. The summed E-state index contributed by atoms with van der Waals surface area (Å²) in [6.07, 6.45) is 2.23. The Morgan fingerprint density at radius 3 is 2.71 bits per heavy atom. The summed E-state index contributed by atoms with van der Waals surface area (Å²) in [4.78, 5) is 0. The highest BCUT2D eigenvalue weighted by molar-refractivity contribution is 9.10. The quantitative estimate of drug-likeness (QED) is 0.818. The van der Waals surface area contributed by atoms with Crippen LogP contribution in [0.4, 0.5) is 5.69 Å². The van der Waals surface area contributed by atoms with E-state index in [1.54, 1.807) is 0 Å². The number of hydrogen-bond donors (Lipinski definition) is 2. The third-order valence-electron chi connectivity index (χ3n) is 2.90. The van der Waals surface area contributed by atoms with Gasteiger partial charge in [0, 0.05) is 10.2 Å². The third kappa shape index (κ3) is 4.49. The van der Waals surface area contributed by atoms with Crippen molar-refractivity contribution in [2.75, 3.05) is 11.9 Å². The van der Waals surface area contributed by atoms with Crippen molar-refractivity contribution in [1.82, 2.24) is 0 Å². The van der Waals surface area contributed by atoms with Crippen LogP contribution in [0.3, 0.4) is 0 Å². The minimum Gasteiger partial charge on any atom is -0.394 e. The number of aliphatic hydroxyl groups is 1. The van der Waals surface area contributed by atoms with E-state index in [0.717, 1.165) is 23.0 Å². The Hall–Kier alpha value is -0.250. The smallest absolute Gasteiger partial charge is 0.0635 e. The zero-order chi connectivity index (χ0) is 12.8. The molecule has 0 aromatic heterocycles. The van der Waals surface area contributed by atoms with Crippen molar-refractivity contribution in [3.05, 3.63) is 27.7 Å². The van der Waals surface area contributed by atoms with Crippen molar-refractivity contribution in [3.63, 3.8) is 0 Å². The van der Waals surface area contributed by atoms with Gasteiger partial charge in [0.15, 0.2) is 0 Å². The van der Waals surface area contributed by atoms with Gasteiger partial charge in [-0.2, -0.15) is 0 Å². The van der Waals surface area contributed by atoms with Crippen LogP contribution >= 0.6 is 27.5 Å². The summed E-state index contributed by atoms with van der Waals surface area (Å²) in [6.45, 7) is 4.45. The van der Waals surface area contributed by atoms with Crippen molar-refractivity contribution in [2.45, 2.75) is 32.7 Å². The number of nitrogens with one attached hydrogen (secondary N) is 1. The summed E-state index contributed by atoms with van der Waals surface area (Å²) in [7, 11) is 0. The number of hydrogen-bond acceptors (Lipinski definition) is 2. The molecule has 0 aliphatic rings. The summed E-state index contributed by atoms with van der Waals surface area (Å²) in [5.74, 6) is 0.444. The fourth-order valence-electron chi connectivity index (χ4n) is 1.82. The highest BCUT2D eigenvalue weighted by Crippen LogP contribution is 2.26. The Bertz CT molecular complexity index is 359. The van der Waals surface area contributed by atoms with E-state index in [9.17, 15) is 5.11 Å². The fraction of sp³-hybridized carbons (Fsp3) is 0.538. The average Bonchev–Trinajstić information content (AvgIpc) is 2.30. The van der Waals surface area contributed by atoms with Gasteiger partial charge in [-0.3, -0.25) is 0 Å². The summed E-state index contributed by atoms with van der Waals surface area (Å²) < 4.78 is 0.865. The molecule has 2 unspecified atom stereocenters. The predicted octanol–water partition coefficient (Wildman–Crippen LogP) is 4.31. The second-order valence-corrected chi connectivity index (χ2v) is 5.59. The van der Waals surface area contributed by atoms with Gasteiger partial charge in [0.2, 0.25) is 0 Å². The molecule has 0 aliphatic carbocycles. The van der Waals surface area contributed by atoms with E-state index >= 15 is 0 Å². The fourth-order valence-corrected chi connectivity index (χ4v) is 2.32. The minimum absolute atomic E-state index is 0.0861. The SMILES string of the molecule is CCCC(C)C(CO)Nc1ccc(Cl)c(Br)c1. The molecule has 0 spiro atoms. The summed E-state index contributed by atoms with van der Waals surface area (Å²) >= 11 is 9.33. The molecule has 0 amide bonds. The van der Waals surface area contributed by atoms with E-state index in [4.69, 9.17) is 11.6 Å². The summed E-state index contributed by atoms with van der Waals surface area (Å²) in [5, 5.41) is 13.4. The van der Waals surface area contributed by atoms with E-state index in [1.165, 1.54) is 0 Å². The van der Waals surface area contributed by atoms with Crippen molar-refractivity contribution in [1.29, 1.82) is 0 Å². The number of aliphatic hydroxyl groups excluding tert-OH is 1. The van der Waals surface area contributed by atoms with Gasteiger partial charge in [0.25, 0.3) is 0 Å². The molecule has 1 aromatic rings. The Kier molecular flexibility index (Phi) is 6.31. The lowest BCUT2D eigenvalue weighted by Gasteiger charge is -2.24. The molecular weight excluding hydrogens is 302 g/mol. The molecule has 0 bridgehead atoms. The maximum atomic E-state index is 9.41. The molecule has 96 valence electrons. The predicted molar refractivity (Wildman–Crippen MR) is 77.7 cm³/mol. The van der Waals surface area contributed by atoms with Gasteiger partial charge in [0.1, 0.15) is 0 Å². The van der Waals surface area contributed by atoms with Gasteiger partial charge in [0.05, 0.1) is 17.7 Å². The Morgan fingerprint density at radius 1 is 1.47 bits per heavy atom. The van der Waals surface area contributed by atoms with Crippen LogP contribution < -0.4 is 5.32 Å². The second kappa shape index (κ2) is 7.24. The van der Waals surface area contributed by atoms with E-state index in [0.29, 0.717) is 10.9 Å². The lowest BCUT2D eigenvalue weighted by Crippen LogP contribution is -2.31. The lowest BCUT2D eigenvalue weighted by atomic mass is 9.97. The van der Waals surface area contributed by atoms with Gasteiger partial charge < -0.3 is 10.4 Å². The van der Waals surface area contributed by atoms with Gasteiger partial charge in [-0.25, -0.2) is 0 Å². The van der Waals surface area contributed by atoms with Crippen LogP contribution in [0.15, 0.2) is 22.7 Å². The Labute approximate surface area is 117 Å². The van der Waals surface area contributed by atoms with Crippen molar-refractivity contribution >= 4 is 33.2 Å². The first-order chi connectivity index (χ1) is 8.08. The van der Waals surface area contributed by atoms with Crippen molar-refractivity contribution in [2.24, 2.45) is 5.92 Å². The average molecular weight is 321 g/mol. The van der Waals surface area contributed by atoms with Crippen LogP contribution in [0.5, 0.6) is 0 Å². The zero-order valence-corrected chi connectivity index (χ0v) is 12.6. The van der Waals surface area contributed by atoms with E-state index in [2.05, 4.69) is 35.1 Å². The molecule has 0 saturated carbocycles. The first-order valence-electron chi connectivity index (χ1n) is 5.91. The molecule has 0 radical (unpaired) electrons. The molecule has 0 saturated heterocycles. The number of benzene rings is 1. The van der Waals surface area contributed by atoms with Crippen LogP contribution in [0.25, 0.3) is 0 Å². The third-order valence-corrected chi connectivity index (χ3v) is 4.11. The molecule has 0 aliphatic heterocycles. The standard InChI is InChI=1S/C13H19BrClNO/c1-3-4-9(2)13(8-17)16-10-5-6-12(15)11(14)7-10/h5-7,9,13,16-17H,3-4,8H2,1-2H3. The second-order valence-electron chi connectivity index (χ2n) is 4.33. The zero-order valence-electron chi connectivity index (χ0n) is 10.2. The van der Waals surface area contributed by atoms with E-state index in [1.807, 2.05) is 18.2 Å². The molecule has 0 fully saturated rings. The first-order valence-corrected chi connectivity index (χ1v) is 7.08. The van der Waals surface area contributed by atoms with Crippen LogP contribution in [-0.4, -0.2) is 17.8 Å². The largest absolute Gasteiger partial charge is 0.394 e. The van der Waals surface area contributed by atoms with Crippen molar-refractivity contribution in [3.8, 4) is 0 Å². The number of rotatable bonds is 6. The molecule has 1 rings (SSSR count). The molecule has 4 heteroatoms. The van der Waals surface area contributed by atoms with Crippen LogP contribution in [0.1, 0.15) is 26.7 Å². The molecule has 17 heavy (non-hydrogen) atoms. The van der Waals surface area contributed by atoms with E-state index in [-0.39, 0.29) is 12.6 Å². The molecular formula is C13H19BrClNO. The van der Waals surface area contributed by atoms with Crippen LogP contribution in [0, 0.1) is 5.92 Å². The summed E-state index contributed by atoms with van der Waals surface area (Å²) in [6, 6.07) is 5.79. The van der Waals surface area contributed by atoms with Gasteiger partial charge in [-0.15, -0.1) is 0 Å². The maximum Gasteiger partial charge on any atom is 0.0635 e. The van der Waals surface area contributed by atoms with Gasteiger partial charge >= 0.3 is 0 Å². The number of anilines is 1. The Morgan fingerprint density at radius 2 is 2.18 bits per heavy atom. The maximum absolute atomic E-state index is 9.41. The van der Waals surface area contributed by atoms with Crippen molar-refractivity contribution < 1.29 is 5.11 Å². The van der Waals surface area contributed by atoms with Crippen LogP contribution in [-0.2, 0) is 0 Å². The highest BCUT2D eigenvalue weighted by atomic mass is 79.9. The normalized spacial score (nSPS) is 14.4. The first kappa shape index (κ1) is 14.8. The minimum atomic E-state index is 0.0861.